The minimum atomic E-state index is -0.585. The van der Waals surface area contributed by atoms with Crippen LogP contribution in [-0.4, -0.2) is 18.6 Å². The molecule has 0 radical (unpaired) electrons. The van der Waals surface area contributed by atoms with E-state index in [4.69, 9.17) is 10.5 Å². The van der Waals surface area contributed by atoms with E-state index in [1.807, 2.05) is 0 Å². The van der Waals surface area contributed by atoms with Gasteiger partial charge in [0.1, 0.15) is 6.04 Å². The van der Waals surface area contributed by atoms with Crippen molar-refractivity contribution in [2.45, 2.75) is 19.9 Å². The quantitative estimate of drug-likeness (QED) is 0.663. The van der Waals surface area contributed by atoms with Crippen molar-refractivity contribution in [3.63, 3.8) is 0 Å². The Labute approximate surface area is 107 Å². The topological polar surface area (TPSA) is 64.3 Å². The van der Waals surface area contributed by atoms with Gasteiger partial charge in [-0.25, -0.2) is 9.18 Å². The Morgan fingerprint density at radius 2 is 2.29 bits per heavy atom. The number of hydrogen-bond donors (Lipinski definition) is 2. The van der Waals surface area contributed by atoms with Crippen LogP contribution in [0.1, 0.15) is 13.8 Å². The van der Waals surface area contributed by atoms with E-state index in [0.29, 0.717) is 12.3 Å². The lowest BCUT2D eigenvalue weighted by molar-refractivity contribution is -0.143. The average molecular weight is 305 g/mol. The minimum Gasteiger partial charge on any atom is -0.464 e. The highest BCUT2D eigenvalue weighted by atomic mass is 79.9. The van der Waals surface area contributed by atoms with Crippen molar-refractivity contribution in [1.82, 2.24) is 0 Å². The average Bonchev–Trinajstić information content (AvgIpc) is 2.30. The van der Waals surface area contributed by atoms with Crippen LogP contribution in [0.3, 0.4) is 0 Å². The summed E-state index contributed by atoms with van der Waals surface area (Å²) in [6, 6.07) is 2.53. The first-order valence-corrected chi connectivity index (χ1v) is 5.93. The summed E-state index contributed by atoms with van der Waals surface area (Å²) >= 11 is 3.03. The summed E-state index contributed by atoms with van der Waals surface area (Å²) in [6.45, 7) is 3.64. The summed E-state index contributed by atoms with van der Waals surface area (Å²) < 4.78 is 18.6. The van der Waals surface area contributed by atoms with Gasteiger partial charge in [-0.3, -0.25) is 0 Å². The molecule has 0 spiro atoms. The Balaban J connectivity index is 2.82. The molecule has 1 aromatic rings. The predicted molar refractivity (Wildman–Crippen MR) is 68.2 cm³/mol. The third-order valence-electron chi connectivity index (χ3n) is 2.14. The maximum absolute atomic E-state index is 13.5. The van der Waals surface area contributed by atoms with Crippen LogP contribution in [-0.2, 0) is 9.53 Å². The van der Waals surface area contributed by atoms with Crippen LogP contribution in [0.5, 0.6) is 0 Å². The van der Waals surface area contributed by atoms with Crippen LogP contribution in [0.2, 0.25) is 0 Å². The molecule has 1 atom stereocenters. The second-order valence-corrected chi connectivity index (χ2v) is 4.30. The molecule has 4 nitrogen and oxygen atoms in total. The molecule has 0 amide bonds. The number of ether oxygens (including phenoxy) is 1. The van der Waals surface area contributed by atoms with Crippen LogP contribution in [0.15, 0.2) is 16.6 Å². The molecule has 0 aromatic heterocycles. The first-order valence-electron chi connectivity index (χ1n) is 5.14. The smallest absolute Gasteiger partial charge is 0.328 e. The highest BCUT2D eigenvalue weighted by molar-refractivity contribution is 9.10. The fraction of sp³-hybridized carbons (Fsp3) is 0.364. The number of nitrogen functional groups attached to an aromatic ring is 1. The first kappa shape index (κ1) is 13.8. The van der Waals surface area contributed by atoms with E-state index in [1.165, 1.54) is 6.07 Å². The summed E-state index contributed by atoms with van der Waals surface area (Å²) in [4.78, 5) is 11.4. The van der Waals surface area contributed by atoms with Gasteiger partial charge in [0, 0.05) is 0 Å². The van der Waals surface area contributed by atoms with Gasteiger partial charge in [0.05, 0.1) is 22.5 Å². The number of hydrogen-bond acceptors (Lipinski definition) is 4. The number of anilines is 2. The minimum absolute atomic E-state index is 0.0319. The molecule has 0 aliphatic rings. The number of rotatable bonds is 4. The molecule has 0 heterocycles. The third kappa shape index (κ3) is 3.33. The third-order valence-corrected chi connectivity index (χ3v) is 2.76. The van der Waals surface area contributed by atoms with Gasteiger partial charge in [0.25, 0.3) is 0 Å². The molecule has 0 aliphatic heterocycles. The van der Waals surface area contributed by atoms with Gasteiger partial charge < -0.3 is 15.8 Å². The van der Waals surface area contributed by atoms with Gasteiger partial charge in [-0.05, 0) is 41.9 Å². The fourth-order valence-electron chi connectivity index (χ4n) is 1.25. The molecule has 1 rings (SSSR count). The summed E-state index contributed by atoms with van der Waals surface area (Å²) in [5.41, 5.74) is 5.92. The zero-order valence-corrected chi connectivity index (χ0v) is 11.2. The maximum Gasteiger partial charge on any atom is 0.328 e. The molecular formula is C11H14BrFN2O2. The summed E-state index contributed by atoms with van der Waals surface area (Å²) in [7, 11) is 0. The van der Waals surface area contributed by atoms with E-state index in [-0.39, 0.29) is 10.2 Å². The molecule has 6 heteroatoms. The summed E-state index contributed by atoms with van der Waals surface area (Å²) in [5, 5.41) is 2.80. The Hall–Kier alpha value is -1.30. The number of benzene rings is 1. The van der Waals surface area contributed by atoms with Gasteiger partial charge in [0.15, 0.2) is 5.82 Å². The van der Waals surface area contributed by atoms with Gasteiger partial charge in [-0.15, -0.1) is 0 Å². The number of nitrogens with one attached hydrogen (secondary N) is 1. The molecule has 0 bridgehead atoms. The Bertz CT molecular complexity index is 426. The van der Waals surface area contributed by atoms with Crippen LogP contribution in [0, 0.1) is 5.82 Å². The molecule has 1 aromatic carbocycles. The van der Waals surface area contributed by atoms with Crippen LogP contribution in [0.25, 0.3) is 0 Å². The van der Waals surface area contributed by atoms with Crippen molar-refractivity contribution in [3.8, 4) is 0 Å². The van der Waals surface area contributed by atoms with Crippen molar-refractivity contribution in [1.29, 1.82) is 0 Å². The van der Waals surface area contributed by atoms with E-state index in [0.717, 1.165) is 0 Å². The van der Waals surface area contributed by atoms with Crippen molar-refractivity contribution in [3.05, 3.63) is 22.4 Å². The fourth-order valence-corrected chi connectivity index (χ4v) is 1.60. The van der Waals surface area contributed by atoms with Crippen molar-refractivity contribution < 1.29 is 13.9 Å². The summed E-state index contributed by atoms with van der Waals surface area (Å²) in [6.07, 6.45) is 0. The zero-order chi connectivity index (χ0) is 13.0. The second-order valence-electron chi connectivity index (χ2n) is 3.44. The highest BCUT2D eigenvalue weighted by Crippen LogP contribution is 2.28. The number of nitrogens with two attached hydrogens (primary N) is 1. The molecule has 94 valence electrons. The van der Waals surface area contributed by atoms with E-state index in [9.17, 15) is 9.18 Å². The van der Waals surface area contributed by atoms with Crippen LogP contribution >= 0.6 is 15.9 Å². The SMILES string of the molecule is CCOC(=O)[C@H](C)Nc1ccc(Br)c(F)c1N. The van der Waals surface area contributed by atoms with E-state index < -0.39 is 17.8 Å². The lowest BCUT2D eigenvalue weighted by Gasteiger charge is -2.16. The molecule has 0 saturated heterocycles. The molecule has 0 saturated carbocycles. The number of esters is 1. The van der Waals surface area contributed by atoms with Crippen molar-refractivity contribution >= 4 is 33.3 Å². The lowest BCUT2D eigenvalue weighted by Crippen LogP contribution is -2.28. The molecule has 17 heavy (non-hydrogen) atoms. The Morgan fingerprint density at radius 3 is 2.88 bits per heavy atom. The highest BCUT2D eigenvalue weighted by Gasteiger charge is 2.16. The van der Waals surface area contributed by atoms with E-state index >= 15 is 0 Å². The number of carbonyl (C=O) groups excluding carboxylic acids is 1. The molecule has 0 fully saturated rings. The second kappa shape index (κ2) is 5.86. The van der Waals surface area contributed by atoms with E-state index in [1.54, 1.807) is 19.9 Å². The maximum atomic E-state index is 13.5. The van der Waals surface area contributed by atoms with Gasteiger partial charge in [-0.1, -0.05) is 0 Å². The molecular weight excluding hydrogens is 291 g/mol. The Morgan fingerprint density at radius 1 is 1.65 bits per heavy atom. The van der Waals surface area contributed by atoms with E-state index in [2.05, 4.69) is 21.2 Å². The monoisotopic (exact) mass is 304 g/mol. The van der Waals surface area contributed by atoms with Gasteiger partial charge >= 0.3 is 5.97 Å². The zero-order valence-electron chi connectivity index (χ0n) is 9.59. The number of halogens is 2. The summed E-state index contributed by atoms with van der Waals surface area (Å²) in [5.74, 6) is -0.957. The Kier molecular flexibility index (Phi) is 4.74. The predicted octanol–water partition coefficient (Wildman–Crippen LogP) is 2.53. The van der Waals surface area contributed by atoms with Crippen molar-refractivity contribution in [2.24, 2.45) is 0 Å². The molecule has 3 N–H and O–H groups in total. The molecule has 0 unspecified atom stereocenters. The number of carbonyl (C=O) groups is 1. The first-order chi connectivity index (χ1) is 7.97. The largest absolute Gasteiger partial charge is 0.464 e. The molecule has 0 aliphatic carbocycles. The normalized spacial score (nSPS) is 12.0. The van der Waals surface area contributed by atoms with Gasteiger partial charge in [0.2, 0.25) is 0 Å². The lowest BCUT2D eigenvalue weighted by atomic mass is 10.2. The standard InChI is InChI=1S/C11H14BrFN2O2/c1-3-17-11(16)6(2)15-8-5-4-7(12)9(13)10(8)14/h4-6,15H,3,14H2,1-2H3/t6-/m0/s1. The van der Waals surface area contributed by atoms with Crippen LogP contribution in [0.4, 0.5) is 15.8 Å². The van der Waals surface area contributed by atoms with Gasteiger partial charge in [-0.2, -0.15) is 0 Å². The van der Waals surface area contributed by atoms with Crippen LogP contribution < -0.4 is 11.1 Å². The van der Waals surface area contributed by atoms with Crippen molar-refractivity contribution in [2.75, 3.05) is 17.7 Å².